The summed E-state index contributed by atoms with van der Waals surface area (Å²) in [7, 11) is 0. The van der Waals surface area contributed by atoms with Gasteiger partial charge in [0.2, 0.25) is 0 Å². The number of nitriles is 1. The van der Waals surface area contributed by atoms with Crippen LogP contribution >= 0.6 is 11.3 Å². The van der Waals surface area contributed by atoms with E-state index in [4.69, 9.17) is 21.8 Å². The largest absolute Gasteiger partial charge is 0.477 e. The van der Waals surface area contributed by atoms with E-state index < -0.39 is 5.97 Å². The molecule has 5 N–H and O–H groups in total. The number of rotatable bonds is 6. The molecule has 6 nitrogen and oxygen atoms in total. The SMILES string of the molecule is C=C(N)N(C(=C)N)c1ccc(-c2ccc(/C=C(\C#N)C(=O)O)s2)cc1. The summed E-state index contributed by atoms with van der Waals surface area (Å²) in [5, 5.41) is 17.7. The molecule has 0 unspecified atom stereocenters. The lowest BCUT2D eigenvalue weighted by atomic mass is 10.1. The van der Waals surface area contributed by atoms with Gasteiger partial charge in [-0.3, -0.25) is 4.90 Å². The van der Waals surface area contributed by atoms with Crippen LogP contribution in [0.1, 0.15) is 4.88 Å². The normalized spacial score (nSPS) is 10.8. The summed E-state index contributed by atoms with van der Waals surface area (Å²) in [5.74, 6) is -0.714. The Labute approximate surface area is 149 Å². The molecule has 0 saturated carbocycles. The molecular formula is C18H16N4O2S. The molecule has 0 aliphatic rings. The van der Waals surface area contributed by atoms with Gasteiger partial charge >= 0.3 is 5.97 Å². The van der Waals surface area contributed by atoms with Crippen LogP contribution in [0.2, 0.25) is 0 Å². The second-order valence-corrected chi connectivity index (χ2v) is 6.16. The van der Waals surface area contributed by atoms with Gasteiger partial charge in [-0.2, -0.15) is 5.26 Å². The Morgan fingerprint density at radius 3 is 2.24 bits per heavy atom. The highest BCUT2D eigenvalue weighted by Gasteiger charge is 2.11. The molecular weight excluding hydrogens is 336 g/mol. The molecule has 1 aromatic carbocycles. The molecule has 0 atom stereocenters. The van der Waals surface area contributed by atoms with E-state index >= 15 is 0 Å². The van der Waals surface area contributed by atoms with Crippen molar-refractivity contribution in [1.29, 1.82) is 5.26 Å². The maximum absolute atomic E-state index is 10.9. The lowest BCUT2D eigenvalue weighted by Crippen LogP contribution is -2.29. The van der Waals surface area contributed by atoms with Crippen molar-refractivity contribution < 1.29 is 9.90 Å². The maximum atomic E-state index is 10.9. The zero-order chi connectivity index (χ0) is 18.6. The number of nitrogens with two attached hydrogens (primary N) is 2. The van der Waals surface area contributed by atoms with Crippen molar-refractivity contribution in [2.45, 2.75) is 0 Å². The third-order valence-electron chi connectivity index (χ3n) is 3.25. The molecule has 0 amide bonds. The Hall–Kier alpha value is -3.50. The molecule has 0 aliphatic carbocycles. The molecule has 126 valence electrons. The third kappa shape index (κ3) is 4.07. The highest BCUT2D eigenvalue weighted by molar-refractivity contribution is 7.16. The van der Waals surface area contributed by atoms with Crippen LogP contribution in [0.3, 0.4) is 0 Å². The summed E-state index contributed by atoms with van der Waals surface area (Å²) in [6, 6.07) is 12.7. The Kier molecular flexibility index (Phi) is 5.27. The quantitative estimate of drug-likeness (QED) is 0.543. The topological polar surface area (TPSA) is 116 Å². The second kappa shape index (κ2) is 7.38. The summed E-state index contributed by atoms with van der Waals surface area (Å²) in [5.41, 5.74) is 12.8. The summed E-state index contributed by atoms with van der Waals surface area (Å²) in [4.78, 5) is 14.0. The van der Waals surface area contributed by atoms with E-state index in [0.29, 0.717) is 4.88 Å². The number of carboxylic acids is 1. The van der Waals surface area contributed by atoms with Crippen molar-refractivity contribution in [2.24, 2.45) is 11.5 Å². The van der Waals surface area contributed by atoms with Crippen molar-refractivity contribution in [1.82, 2.24) is 0 Å². The predicted molar refractivity (Wildman–Crippen MR) is 100 cm³/mol. The molecule has 2 aromatic rings. The summed E-state index contributed by atoms with van der Waals surface area (Å²) >= 11 is 1.39. The number of carbonyl (C=O) groups is 1. The standard InChI is InChI=1S/C18H16N4O2S/c1-11(20)22(12(2)21)15-5-3-13(4-6-15)17-8-7-16(25-17)9-14(10-19)18(23)24/h3-9H,1-2,20-21H2,(H,23,24)/b14-9+. The van der Waals surface area contributed by atoms with Crippen LogP contribution in [-0.4, -0.2) is 11.1 Å². The van der Waals surface area contributed by atoms with Gasteiger partial charge in [-0.15, -0.1) is 11.3 Å². The molecule has 1 heterocycles. The van der Waals surface area contributed by atoms with E-state index in [1.165, 1.54) is 22.3 Å². The first-order valence-electron chi connectivity index (χ1n) is 7.07. The minimum atomic E-state index is -1.24. The number of carboxylic acid groups (broad SMARTS) is 1. The fraction of sp³-hybridized carbons (Fsp3) is 0. The van der Waals surface area contributed by atoms with Crippen LogP contribution < -0.4 is 16.4 Å². The summed E-state index contributed by atoms with van der Waals surface area (Å²) in [6.07, 6.45) is 1.35. The van der Waals surface area contributed by atoms with Gasteiger partial charge in [-0.05, 0) is 35.9 Å². The van der Waals surface area contributed by atoms with Crippen LogP contribution in [0.4, 0.5) is 5.69 Å². The van der Waals surface area contributed by atoms with E-state index in [1.54, 1.807) is 12.1 Å². The Balaban J connectivity index is 2.30. The van der Waals surface area contributed by atoms with Gasteiger partial charge in [0.25, 0.3) is 0 Å². The number of anilines is 1. The summed E-state index contributed by atoms with van der Waals surface area (Å²) in [6.45, 7) is 7.34. The lowest BCUT2D eigenvalue weighted by molar-refractivity contribution is -0.132. The predicted octanol–water partition coefficient (Wildman–Crippen LogP) is 3.07. The Bertz CT molecular complexity index is 890. The number of thiophene rings is 1. The van der Waals surface area contributed by atoms with E-state index in [0.717, 1.165) is 16.1 Å². The van der Waals surface area contributed by atoms with Crippen molar-refractivity contribution in [3.8, 4) is 16.5 Å². The molecule has 0 saturated heterocycles. The molecule has 0 fully saturated rings. The van der Waals surface area contributed by atoms with E-state index in [-0.39, 0.29) is 17.2 Å². The fourth-order valence-corrected chi connectivity index (χ4v) is 3.12. The van der Waals surface area contributed by atoms with Crippen LogP contribution in [0.25, 0.3) is 16.5 Å². The molecule has 0 bridgehead atoms. The highest BCUT2D eigenvalue weighted by Crippen LogP contribution is 2.31. The number of hydrogen-bond acceptors (Lipinski definition) is 6. The fourth-order valence-electron chi connectivity index (χ4n) is 2.16. The summed E-state index contributed by atoms with van der Waals surface area (Å²) < 4.78 is 0. The first-order chi connectivity index (χ1) is 11.8. The smallest absolute Gasteiger partial charge is 0.346 e. The second-order valence-electron chi connectivity index (χ2n) is 5.04. The molecule has 7 heteroatoms. The number of benzene rings is 1. The van der Waals surface area contributed by atoms with Gasteiger partial charge in [-0.1, -0.05) is 25.3 Å². The van der Waals surface area contributed by atoms with Crippen molar-refractivity contribution >= 4 is 29.1 Å². The van der Waals surface area contributed by atoms with Gasteiger partial charge < -0.3 is 16.6 Å². The number of nitrogens with zero attached hydrogens (tertiary/aromatic N) is 2. The monoisotopic (exact) mass is 352 g/mol. The van der Waals surface area contributed by atoms with Crippen LogP contribution in [0, 0.1) is 11.3 Å². The zero-order valence-corrected chi connectivity index (χ0v) is 14.1. The average Bonchev–Trinajstić information content (AvgIpc) is 3.01. The molecule has 1 aromatic heterocycles. The van der Waals surface area contributed by atoms with Gasteiger partial charge in [0.1, 0.15) is 23.3 Å². The molecule has 0 radical (unpaired) electrons. The third-order valence-corrected chi connectivity index (χ3v) is 4.33. The highest BCUT2D eigenvalue weighted by atomic mass is 32.1. The Morgan fingerprint density at radius 2 is 1.76 bits per heavy atom. The van der Waals surface area contributed by atoms with E-state index in [1.807, 2.05) is 30.3 Å². The van der Waals surface area contributed by atoms with Crippen molar-refractivity contribution in [3.05, 3.63) is 71.6 Å². The van der Waals surface area contributed by atoms with E-state index in [9.17, 15) is 4.79 Å². The van der Waals surface area contributed by atoms with Gasteiger partial charge in [0, 0.05) is 15.4 Å². The van der Waals surface area contributed by atoms with Crippen molar-refractivity contribution in [2.75, 3.05) is 4.90 Å². The zero-order valence-electron chi connectivity index (χ0n) is 13.3. The first-order valence-corrected chi connectivity index (χ1v) is 7.89. The van der Waals surface area contributed by atoms with Crippen LogP contribution in [-0.2, 0) is 4.79 Å². The Morgan fingerprint density at radius 1 is 1.16 bits per heavy atom. The van der Waals surface area contributed by atoms with Gasteiger partial charge in [-0.25, -0.2) is 4.79 Å². The maximum Gasteiger partial charge on any atom is 0.346 e. The molecule has 0 spiro atoms. The first kappa shape index (κ1) is 17.8. The van der Waals surface area contributed by atoms with Crippen LogP contribution in [0.15, 0.2) is 66.8 Å². The van der Waals surface area contributed by atoms with Crippen molar-refractivity contribution in [3.63, 3.8) is 0 Å². The van der Waals surface area contributed by atoms with Gasteiger partial charge in [0.05, 0.1) is 0 Å². The minimum Gasteiger partial charge on any atom is -0.477 e. The molecule has 25 heavy (non-hydrogen) atoms. The molecule has 2 rings (SSSR count). The average molecular weight is 352 g/mol. The van der Waals surface area contributed by atoms with E-state index in [2.05, 4.69) is 13.2 Å². The van der Waals surface area contributed by atoms with Gasteiger partial charge in [0.15, 0.2) is 0 Å². The number of hydrogen-bond donors (Lipinski definition) is 3. The minimum absolute atomic E-state index is 0.265. The lowest BCUT2D eigenvalue weighted by Gasteiger charge is -2.23. The number of aliphatic carboxylic acids is 1. The van der Waals surface area contributed by atoms with Crippen LogP contribution in [0.5, 0.6) is 0 Å². The molecule has 0 aliphatic heterocycles.